The van der Waals surface area contributed by atoms with Crippen LogP contribution in [0.4, 0.5) is 34.1 Å². The summed E-state index contributed by atoms with van der Waals surface area (Å²) in [6.45, 7) is 0. The molecule has 1 aromatic heterocycles. The largest absolute Gasteiger partial charge is 0.308 e. The fourth-order valence-corrected chi connectivity index (χ4v) is 12.3. The summed E-state index contributed by atoms with van der Waals surface area (Å²) in [7, 11) is 0. The van der Waals surface area contributed by atoms with Gasteiger partial charge in [0.2, 0.25) is 0 Å². The molecule has 0 aliphatic heterocycles. The summed E-state index contributed by atoms with van der Waals surface area (Å²) < 4.78 is 2.52. The minimum atomic E-state index is -0.641. The van der Waals surface area contributed by atoms with E-state index < -0.39 is 5.41 Å². The molecule has 1 aliphatic rings. The van der Waals surface area contributed by atoms with Crippen LogP contribution in [0.15, 0.2) is 279 Å². The predicted molar refractivity (Wildman–Crippen MR) is 297 cm³/mol. The zero-order chi connectivity index (χ0) is 46.4. The van der Waals surface area contributed by atoms with E-state index >= 15 is 0 Å². The normalized spacial score (nSPS) is 12.4. The Hall–Kier alpha value is -8.76. The highest BCUT2D eigenvalue weighted by Crippen LogP contribution is 2.59. The van der Waals surface area contributed by atoms with Gasteiger partial charge in [0.05, 0.1) is 32.9 Å². The molecule has 0 saturated heterocycles. The lowest BCUT2D eigenvalue weighted by molar-refractivity contribution is 0.768. The van der Waals surface area contributed by atoms with Crippen LogP contribution in [0.3, 0.4) is 0 Å². The van der Waals surface area contributed by atoms with Gasteiger partial charge in [0.1, 0.15) is 0 Å². The van der Waals surface area contributed by atoms with Gasteiger partial charge in [0.25, 0.3) is 0 Å². The van der Waals surface area contributed by atoms with E-state index in [1.165, 1.54) is 75.8 Å². The Morgan fingerprint density at radius 3 is 1.24 bits per heavy atom. The van der Waals surface area contributed by atoms with Gasteiger partial charge < -0.3 is 9.80 Å². The quantitative estimate of drug-likeness (QED) is 0.135. The van der Waals surface area contributed by atoms with Crippen LogP contribution in [0.1, 0.15) is 22.3 Å². The number of thiophene rings is 1. The van der Waals surface area contributed by atoms with Crippen molar-refractivity contribution >= 4 is 65.6 Å². The summed E-state index contributed by atoms with van der Waals surface area (Å²) in [5, 5.41) is 2.53. The maximum atomic E-state index is 2.52. The molecule has 0 fully saturated rings. The van der Waals surface area contributed by atoms with Crippen molar-refractivity contribution in [3.8, 4) is 33.4 Å². The number of rotatable bonds is 10. The summed E-state index contributed by atoms with van der Waals surface area (Å²) in [5.41, 5.74) is 18.0. The van der Waals surface area contributed by atoms with Crippen LogP contribution in [0.25, 0.3) is 53.6 Å². The zero-order valence-corrected chi connectivity index (χ0v) is 39.2. The van der Waals surface area contributed by atoms with Crippen LogP contribution in [0.2, 0.25) is 0 Å². The third kappa shape index (κ3) is 6.77. The van der Waals surface area contributed by atoms with Gasteiger partial charge in [-0.3, -0.25) is 0 Å². The van der Waals surface area contributed by atoms with Crippen molar-refractivity contribution in [1.82, 2.24) is 0 Å². The first-order chi connectivity index (χ1) is 34.8. The Labute approximate surface area is 413 Å². The Kier molecular flexibility index (Phi) is 10.3. The van der Waals surface area contributed by atoms with E-state index in [9.17, 15) is 0 Å². The fraction of sp³-hybridized carbons (Fsp3) is 0.0149. The Morgan fingerprint density at radius 1 is 0.271 bits per heavy atom. The number of nitrogens with zero attached hydrogens (tertiary/aromatic N) is 2. The molecule has 0 radical (unpaired) electrons. The van der Waals surface area contributed by atoms with Crippen molar-refractivity contribution in [1.29, 1.82) is 0 Å². The molecule has 1 heterocycles. The maximum absolute atomic E-state index is 2.52. The van der Waals surface area contributed by atoms with Gasteiger partial charge in [-0.1, -0.05) is 224 Å². The number of hydrogen-bond acceptors (Lipinski definition) is 3. The van der Waals surface area contributed by atoms with E-state index in [-0.39, 0.29) is 0 Å². The average Bonchev–Trinajstić information content (AvgIpc) is 3.97. The van der Waals surface area contributed by atoms with Crippen molar-refractivity contribution in [2.24, 2.45) is 0 Å². The van der Waals surface area contributed by atoms with Crippen LogP contribution in [0, 0.1) is 0 Å². The molecule has 0 amide bonds. The molecule has 2 nitrogen and oxygen atoms in total. The second-order valence-electron chi connectivity index (χ2n) is 18.0. The highest BCUT2D eigenvalue weighted by atomic mass is 32.1. The van der Waals surface area contributed by atoms with Crippen LogP contribution < -0.4 is 9.80 Å². The van der Waals surface area contributed by atoms with Crippen molar-refractivity contribution in [3.05, 3.63) is 301 Å². The van der Waals surface area contributed by atoms with E-state index in [0.717, 1.165) is 34.1 Å². The molecule has 3 heteroatoms. The zero-order valence-electron chi connectivity index (χ0n) is 38.4. The molecule has 330 valence electrons. The number of fused-ring (bicyclic) bond motifs is 6. The van der Waals surface area contributed by atoms with Crippen LogP contribution in [0.5, 0.6) is 0 Å². The molecule has 0 bridgehead atoms. The lowest BCUT2D eigenvalue weighted by Gasteiger charge is -2.39. The van der Waals surface area contributed by atoms with Crippen molar-refractivity contribution in [3.63, 3.8) is 0 Å². The number of hydrogen-bond donors (Lipinski definition) is 0. The molecular weight excluding hydrogens is 865 g/mol. The lowest BCUT2D eigenvalue weighted by atomic mass is 9.67. The van der Waals surface area contributed by atoms with Gasteiger partial charge in [0.15, 0.2) is 0 Å². The molecule has 0 N–H and O–H groups in total. The fourth-order valence-electron chi connectivity index (χ4n) is 11.1. The van der Waals surface area contributed by atoms with E-state index in [4.69, 9.17) is 0 Å². The minimum Gasteiger partial charge on any atom is -0.308 e. The Morgan fingerprint density at radius 2 is 0.671 bits per heavy atom. The van der Waals surface area contributed by atoms with Crippen molar-refractivity contribution < 1.29 is 0 Å². The van der Waals surface area contributed by atoms with E-state index in [0.29, 0.717) is 0 Å². The van der Waals surface area contributed by atoms with Crippen LogP contribution in [-0.4, -0.2) is 0 Å². The Balaban J connectivity index is 1.10. The standard InChI is InChI=1S/C67H46N2S/c1-4-21-47(22-5-1)49-39-43-52(44-40-49)68(61-34-16-15-33-60(61)67(51-25-8-3-9-26-51)58-31-13-10-27-54(58)55-28-11-14-32-59(55)67)62-35-17-18-36-63(62)69(53-45-41-50(42-46-53)48-23-6-2-7-24-48)64-37-20-30-57-56-29-12-19-38-65(56)70-66(57)64/h1-46H. The smallest absolute Gasteiger partial charge is 0.0733 e. The number of benzene rings is 11. The summed E-state index contributed by atoms with van der Waals surface area (Å²) in [6, 6.07) is 102. The molecule has 70 heavy (non-hydrogen) atoms. The first-order valence-electron chi connectivity index (χ1n) is 24.0. The van der Waals surface area contributed by atoms with Gasteiger partial charge >= 0.3 is 0 Å². The molecule has 11 aromatic carbocycles. The van der Waals surface area contributed by atoms with Gasteiger partial charge in [-0.25, -0.2) is 0 Å². The summed E-state index contributed by atoms with van der Waals surface area (Å²) in [4.78, 5) is 5.01. The molecule has 0 saturated carbocycles. The summed E-state index contributed by atoms with van der Waals surface area (Å²) in [5.74, 6) is 0. The number of anilines is 6. The van der Waals surface area contributed by atoms with Gasteiger partial charge in [-0.2, -0.15) is 0 Å². The lowest BCUT2D eigenvalue weighted by Crippen LogP contribution is -2.31. The maximum Gasteiger partial charge on any atom is 0.0733 e. The molecular formula is C67H46N2S. The average molecular weight is 911 g/mol. The topological polar surface area (TPSA) is 6.48 Å². The molecule has 1 aliphatic carbocycles. The highest BCUT2D eigenvalue weighted by molar-refractivity contribution is 7.26. The summed E-state index contributed by atoms with van der Waals surface area (Å²) in [6.07, 6.45) is 0. The van der Waals surface area contributed by atoms with E-state index in [1.807, 2.05) is 11.3 Å². The second kappa shape index (κ2) is 17.4. The van der Waals surface area contributed by atoms with E-state index in [1.54, 1.807) is 0 Å². The van der Waals surface area contributed by atoms with Gasteiger partial charge in [-0.05, 0) is 110 Å². The third-order valence-electron chi connectivity index (χ3n) is 14.2. The van der Waals surface area contributed by atoms with Crippen molar-refractivity contribution in [2.75, 3.05) is 9.80 Å². The molecule has 0 atom stereocenters. The first kappa shape index (κ1) is 41.4. The van der Waals surface area contributed by atoms with Gasteiger partial charge in [-0.15, -0.1) is 11.3 Å². The SMILES string of the molecule is c1ccc(-c2ccc(N(c3ccccc3N(c3ccc(-c4ccccc4)cc3)c3cccc4c3sc3ccccc34)c3ccccc3C3(c4ccccc4)c4ccccc4-c4ccccc43)cc2)cc1. The predicted octanol–water partition coefficient (Wildman–Crippen LogP) is 18.7. The molecule has 0 unspecified atom stereocenters. The molecule has 13 rings (SSSR count). The Bertz CT molecular complexity index is 3780. The van der Waals surface area contributed by atoms with Crippen molar-refractivity contribution in [2.45, 2.75) is 5.41 Å². The molecule has 12 aromatic rings. The second-order valence-corrected chi connectivity index (χ2v) is 19.0. The van der Waals surface area contributed by atoms with Crippen LogP contribution >= 0.6 is 11.3 Å². The highest BCUT2D eigenvalue weighted by Gasteiger charge is 2.47. The van der Waals surface area contributed by atoms with Gasteiger partial charge in [0, 0.05) is 26.8 Å². The summed E-state index contributed by atoms with van der Waals surface area (Å²) >= 11 is 1.86. The first-order valence-corrected chi connectivity index (χ1v) is 24.8. The third-order valence-corrected chi connectivity index (χ3v) is 15.4. The van der Waals surface area contributed by atoms with Crippen LogP contribution in [-0.2, 0) is 5.41 Å². The minimum absolute atomic E-state index is 0.641. The molecule has 0 spiro atoms. The number of para-hydroxylation sites is 3. The monoisotopic (exact) mass is 910 g/mol. The van der Waals surface area contributed by atoms with E-state index in [2.05, 4.69) is 289 Å².